The van der Waals surface area contributed by atoms with Crippen LogP contribution in [0.15, 0.2) is 61.2 Å². The van der Waals surface area contributed by atoms with Gasteiger partial charge in [-0.1, -0.05) is 69.0 Å². The van der Waals surface area contributed by atoms with Gasteiger partial charge in [0.25, 0.3) is 5.91 Å². The van der Waals surface area contributed by atoms with Gasteiger partial charge in [-0.05, 0) is 17.5 Å². The quantitative estimate of drug-likeness (QED) is 0.758. The van der Waals surface area contributed by atoms with E-state index in [2.05, 4.69) is 50.0 Å². The van der Waals surface area contributed by atoms with Crippen LogP contribution >= 0.6 is 0 Å². The van der Waals surface area contributed by atoms with Crippen molar-refractivity contribution in [3.63, 3.8) is 0 Å². The fourth-order valence-electron chi connectivity index (χ4n) is 2.01. The molecule has 1 aliphatic rings. The Balaban J connectivity index is 0.000000151. The van der Waals surface area contributed by atoms with E-state index >= 15 is 0 Å². The van der Waals surface area contributed by atoms with Crippen LogP contribution < -0.4 is 5.32 Å². The number of hydrogen-bond donors (Lipinski definition) is 1. The van der Waals surface area contributed by atoms with Gasteiger partial charge in [-0.25, -0.2) is 0 Å². The molecule has 0 radical (unpaired) electrons. The predicted molar refractivity (Wildman–Crippen MR) is 84.6 cm³/mol. The highest BCUT2D eigenvalue weighted by molar-refractivity contribution is 6.30. The zero-order valence-corrected chi connectivity index (χ0v) is 11.9. The van der Waals surface area contributed by atoms with Gasteiger partial charge in [-0.2, -0.15) is 0 Å². The van der Waals surface area contributed by atoms with Crippen LogP contribution in [-0.4, -0.2) is 5.91 Å². The second-order valence-corrected chi connectivity index (χ2v) is 5.04. The molecule has 0 bridgehead atoms. The molecule has 20 heavy (non-hydrogen) atoms. The molecule has 0 atom stereocenters. The molecule has 2 aromatic carbocycles. The lowest BCUT2D eigenvalue weighted by Gasteiger charge is -2.01. The van der Waals surface area contributed by atoms with Gasteiger partial charge in [0, 0.05) is 16.8 Å². The number of carbonyl (C=O) groups excluding carboxylic acids is 1. The zero-order chi connectivity index (χ0) is 14.5. The second-order valence-electron chi connectivity index (χ2n) is 5.04. The molecule has 2 nitrogen and oxygen atoms in total. The van der Waals surface area contributed by atoms with Crippen molar-refractivity contribution < 1.29 is 4.79 Å². The van der Waals surface area contributed by atoms with Gasteiger partial charge in [0.1, 0.15) is 0 Å². The smallest absolute Gasteiger partial charge is 0.255 e. The number of anilines is 1. The van der Waals surface area contributed by atoms with Gasteiger partial charge in [-0.3, -0.25) is 4.79 Å². The van der Waals surface area contributed by atoms with Crippen molar-refractivity contribution in [2.45, 2.75) is 19.8 Å². The molecule has 2 heteroatoms. The van der Waals surface area contributed by atoms with Crippen LogP contribution in [0.3, 0.4) is 0 Å². The largest absolute Gasteiger partial charge is 0.321 e. The van der Waals surface area contributed by atoms with Crippen molar-refractivity contribution in [3.05, 3.63) is 72.3 Å². The molecule has 1 heterocycles. The van der Waals surface area contributed by atoms with E-state index in [4.69, 9.17) is 0 Å². The summed E-state index contributed by atoms with van der Waals surface area (Å²) in [5, 5.41) is 2.71. The van der Waals surface area contributed by atoms with Crippen molar-refractivity contribution in [2.24, 2.45) is 0 Å². The lowest BCUT2D eigenvalue weighted by Crippen LogP contribution is -2.02. The molecule has 1 aliphatic heterocycles. The Morgan fingerprint density at radius 3 is 2.10 bits per heavy atom. The number of hydrogen-bond acceptors (Lipinski definition) is 1. The van der Waals surface area contributed by atoms with Gasteiger partial charge in [-0.15, -0.1) is 0 Å². The Labute approximate surface area is 120 Å². The number of carbonyl (C=O) groups is 1. The first-order valence-electron chi connectivity index (χ1n) is 6.74. The van der Waals surface area contributed by atoms with Crippen LogP contribution in [0, 0.1) is 0 Å². The molecule has 2 aromatic rings. The molecule has 0 saturated carbocycles. The average molecular weight is 265 g/mol. The van der Waals surface area contributed by atoms with Crippen LogP contribution in [-0.2, 0) is 4.79 Å². The first-order valence-corrected chi connectivity index (χ1v) is 6.74. The Bertz CT molecular complexity index is 614. The maximum atomic E-state index is 11.0. The van der Waals surface area contributed by atoms with Crippen LogP contribution in [0.25, 0.3) is 5.57 Å². The summed E-state index contributed by atoms with van der Waals surface area (Å²) in [5.41, 5.74) is 3.75. The number of benzene rings is 2. The fourth-order valence-corrected chi connectivity index (χ4v) is 2.01. The minimum absolute atomic E-state index is 0.0915. The van der Waals surface area contributed by atoms with Gasteiger partial charge >= 0.3 is 0 Å². The molecule has 0 aliphatic carbocycles. The maximum Gasteiger partial charge on any atom is 0.255 e. The topological polar surface area (TPSA) is 29.1 Å². The van der Waals surface area contributed by atoms with Crippen molar-refractivity contribution in [2.75, 3.05) is 5.32 Å². The Morgan fingerprint density at radius 1 is 0.950 bits per heavy atom. The molecule has 1 N–H and O–H groups in total. The maximum absolute atomic E-state index is 11.0. The first-order chi connectivity index (χ1) is 9.59. The molecule has 0 fully saturated rings. The van der Waals surface area contributed by atoms with Crippen molar-refractivity contribution in [1.82, 2.24) is 0 Å². The summed E-state index contributed by atoms with van der Waals surface area (Å²) >= 11 is 0. The molecule has 0 aromatic heterocycles. The molecule has 0 saturated heterocycles. The van der Waals surface area contributed by atoms with Crippen LogP contribution in [0.1, 0.15) is 30.9 Å². The monoisotopic (exact) mass is 265 g/mol. The molecular formula is C18H19NO. The molecule has 0 spiro atoms. The molecule has 0 unspecified atom stereocenters. The highest BCUT2D eigenvalue weighted by atomic mass is 16.1. The number of para-hydroxylation sites is 1. The van der Waals surface area contributed by atoms with Crippen LogP contribution in [0.5, 0.6) is 0 Å². The summed E-state index contributed by atoms with van der Waals surface area (Å²) in [6, 6.07) is 18.1. The highest BCUT2D eigenvalue weighted by Gasteiger charge is 2.20. The summed E-state index contributed by atoms with van der Waals surface area (Å²) in [7, 11) is 0. The standard InChI is InChI=1S/C9H7NO.C9H12/c1-6-7-4-2-3-5-8(7)10-9(6)11;1-8(2)9-6-4-3-5-7-9/h2-5H,1H2,(H,10,11);3-8H,1-2H3. The Kier molecular flexibility index (Phi) is 4.36. The van der Waals surface area contributed by atoms with Crippen molar-refractivity contribution in [1.29, 1.82) is 0 Å². The predicted octanol–water partition coefficient (Wildman–Crippen LogP) is 4.46. The van der Waals surface area contributed by atoms with E-state index in [0.717, 1.165) is 11.3 Å². The third kappa shape index (κ3) is 3.15. The van der Waals surface area contributed by atoms with E-state index in [-0.39, 0.29) is 5.91 Å². The van der Waals surface area contributed by atoms with E-state index in [1.807, 2.05) is 30.3 Å². The summed E-state index contributed by atoms with van der Waals surface area (Å²) in [4.78, 5) is 11.0. The Hall–Kier alpha value is -2.35. The van der Waals surface area contributed by atoms with Gasteiger partial charge in [0.05, 0.1) is 0 Å². The highest BCUT2D eigenvalue weighted by Crippen LogP contribution is 2.29. The normalized spacial score (nSPS) is 12.6. The molecular weight excluding hydrogens is 246 g/mol. The van der Waals surface area contributed by atoms with E-state index in [1.54, 1.807) is 0 Å². The second kappa shape index (κ2) is 6.20. The summed E-state index contributed by atoms with van der Waals surface area (Å²) in [6.07, 6.45) is 0. The van der Waals surface area contributed by atoms with Crippen molar-refractivity contribution in [3.8, 4) is 0 Å². The van der Waals surface area contributed by atoms with Crippen LogP contribution in [0.2, 0.25) is 0 Å². The number of fused-ring (bicyclic) bond motifs is 1. The number of rotatable bonds is 1. The van der Waals surface area contributed by atoms with Gasteiger partial charge in [0.15, 0.2) is 0 Å². The van der Waals surface area contributed by atoms with E-state index < -0.39 is 0 Å². The fraction of sp³-hybridized carbons (Fsp3) is 0.167. The number of nitrogens with one attached hydrogen (secondary N) is 1. The SMILES string of the molecule is C=C1C(=O)Nc2ccccc21.CC(C)c1ccccc1. The summed E-state index contributed by atoms with van der Waals surface area (Å²) < 4.78 is 0. The molecule has 1 amide bonds. The number of amides is 1. The van der Waals surface area contributed by atoms with E-state index in [9.17, 15) is 4.79 Å². The minimum Gasteiger partial charge on any atom is -0.321 e. The zero-order valence-electron chi connectivity index (χ0n) is 11.9. The summed E-state index contributed by atoms with van der Waals surface area (Å²) in [5.74, 6) is 0.567. The molecule has 102 valence electrons. The third-order valence-corrected chi connectivity index (χ3v) is 3.24. The molecule has 3 rings (SSSR count). The Morgan fingerprint density at radius 2 is 1.55 bits per heavy atom. The summed E-state index contributed by atoms with van der Waals surface area (Å²) in [6.45, 7) is 8.07. The third-order valence-electron chi connectivity index (χ3n) is 3.24. The first kappa shape index (κ1) is 14.1. The van der Waals surface area contributed by atoms with Crippen molar-refractivity contribution >= 4 is 17.2 Å². The average Bonchev–Trinajstić information content (AvgIpc) is 2.76. The van der Waals surface area contributed by atoms with E-state index in [1.165, 1.54) is 5.56 Å². The van der Waals surface area contributed by atoms with Crippen LogP contribution in [0.4, 0.5) is 5.69 Å². The van der Waals surface area contributed by atoms with E-state index in [0.29, 0.717) is 11.5 Å². The minimum atomic E-state index is -0.0915. The van der Waals surface area contributed by atoms with Gasteiger partial charge in [0.2, 0.25) is 0 Å². The van der Waals surface area contributed by atoms with Gasteiger partial charge < -0.3 is 5.32 Å². The lowest BCUT2D eigenvalue weighted by atomic mass is 10.0. The lowest BCUT2D eigenvalue weighted by molar-refractivity contribution is -0.110.